The summed E-state index contributed by atoms with van der Waals surface area (Å²) in [6.07, 6.45) is -7.89. The number of halogens is 7. The van der Waals surface area contributed by atoms with E-state index in [0.29, 0.717) is 54.3 Å². The minimum atomic E-state index is -4.93. The Kier molecular flexibility index (Phi) is 7.51. The van der Waals surface area contributed by atoms with Crippen molar-refractivity contribution in [3.05, 3.63) is 59.2 Å². The molecule has 1 aliphatic heterocycles. The van der Waals surface area contributed by atoms with Crippen LogP contribution < -0.4 is 10.6 Å². The molecule has 222 valence electrons. The van der Waals surface area contributed by atoms with Crippen LogP contribution in [-0.4, -0.2) is 62.4 Å². The zero-order valence-corrected chi connectivity index (χ0v) is 21.6. The molecule has 3 heterocycles. The highest BCUT2D eigenvalue weighted by Crippen LogP contribution is 2.38. The summed E-state index contributed by atoms with van der Waals surface area (Å²) in [5.41, 5.74) is -3.56. The molecule has 2 aliphatic rings. The zero-order valence-electron chi connectivity index (χ0n) is 21.6. The van der Waals surface area contributed by atoms with E-state index in [0.717, 1.165) is 0 Å². The molecule has 1 aromatic carbocycles. The summed E-state index contributed by atoms with van der Waals surface area (Å²) in [6, 6.07) is 6.18. The number of aliphatic hydroxyl groups excluding tert-OH is 1. The van der Waals surface area contributed by atoms with Gasteiger partial charge in [0.2, 0.25) is 0 Å². The SMILES string of the molecule is O=C(N[C@@H]1CC[C@@H](O)C1)N1CCC(CNc2cc(C(F)(F)F)nc3cc(C(F)(F)F)nn23)(c2ccc(F)cc2)CC1. The van der Waals surface area contributed by atoms with Gasteiger partial charge in [-0.3, -0.25) is 0 Å². The number of carbonyl (C=O) groups is 1. The third-order valence-electron chi connectivity index (χ3n) is 7.81. The minimum absolute atomic E-state index is 0.0411. The molecule has 1 saturated heterocycles. The van der Waals surface area contributed by atoms with Gasteiger partial charge in [-0.2, -0.15) is 36.0 Å². The Bertz CT molecular complexity index is 1400. The maximum absolute atomic E-state index is 13.7. The molecule has 41 heavy (non-hydrogen) atoms. The number of urea groups is 1. The first-order valence-corrected chi connectivity index (χ1v) is 13.0. The summed E-state index contributed by atoms with van der Waals surface area (Å²) in [5.74, 6) is -0.839. The number of rotatable bonds is 5. The highest BCUT2D eigenvalue weighted by molar-refractivity contribution is 5.74. The molecule has 2 amide bonds. The van der Waals surface area contributed by atoms with Crippen molar-refractivity contribution in [2.75, 3.05) is 25.0 Å². The van der Waals surface area contributed by atoms with Crippen LogP contribution >= 0.6 is 0 Å². The molecule has 5 rings (SSSR count). The van der Waals surface area contributed by atoms with Gasteiger partial charge in [0.1, 0.15) is 11.6 Å². The lowest BCUT2D eigenvalue weighted by Crippen LogP contribution is -2.52. The van der Waals surface area contributed by atoms with E-state index in [2.05, 4.69) is 20.7 Å². The Morgan fingerprint density at radius 2 is 1.66 bits per heavy atom. The van der Waals surface area contributed by atoms with Crippen molar-refractivity contribution in [3.8, 4) is 0 Å². The van der Waals surface area contributed by atoms with Gasteiger partial charge >= 0.3 is 18.4 Å². The fourth-order valence-electron chi connectivity index (χ4n) is 5.51. The first-order chi connectivity index (χ1) is 19.2. The van der Waals surface area contributed by atoms with Crippen LogP contribution in [0, 0.1) is 5.82 Å². The monoisotopic (exact) mass is 588 g/mol. The number of benzene rings is 1. The van der Waals surface area contributed by atoms with Crippen LogP contribution in [0.4, 0.5) is 41.3 Å². The zero-order chi connectivity index (χ0) is 29.6. The average molecular weight is 589 g/mol. The molecular weight excluding hydrogens is 561 g/mol. The van der Waals surface area contributed by atoms with Crippen LogP contribution in [0.25, 0.3) is 5.65 Å². The first-order valence-electron chi connectivity index (χ1n) is 13.0. The number of nitrogens with one attached hydrogen (secondary N) is 2. The predicted molar refractivity (Wildman–Crippen MR) is 133 cm³/mol. The van der Waals surface area contributed by atoms with E-state index >= 15 is 0 Å². The largest absolute Gasteiger partial charge is 0.435 e. The van der Waals surface area contributed by atoms with Crippen molar-refractivity contribution in [1.82, 2.24) is 24.8 Å². The summed E-state index contributed by atoms with van der Waals surface area (Å²) < 4.78 is 95.0. The van der Waals surface area contributed by atoms with Crippen LogP contribution in [-0.2, 0) is 17.8 Å². The quantitative estimate of drug-likeness (QED) is 0.366. The number of nitrogens with zero attached hydrogens (tertiary/aromatic N) is 4. The lowest BCUT2D eigenvalue weighted by molar-refractivity contribution is -0.142. The first kappa shape index (κ1) is 28.9. The number of alkyl halides is 6. The Morgan fingerprint density at radius 1 is 1.00 bits per heavy atom. The van der Waals surface area contributed by atoms with E-state index in [1.54, 1.807) is 17.0 Å². The standard InChI is InChI=1S/C26H27F7N6O2/c27-16-3-1-15(2-4-16)24(7-9-38(10-8-24)23(41)35-17-5-6-18(40)11-17)14-34-21-12-19(25(28,29)30)36-22-13-20(26(31,32)33)37-39(21)22/h1-4,12-13,17-18,34,40H,5-11,14H2,(H,35,41)/t17-,18-/m1/s1. The number of likely N-dealkylation sites (tertiary alicyclic amines) is 1. The molecule has 15 heteroatoms. The second kappa shape index (κ2) is 10.7. The number of aliphatic hydroxyl groups is 1. The Balaban J connectivity index is 1.41. The number of amides is 2. The molecule has 3 aromatic rings. The van der Waals surface area contributed by atoms with E-state index in [9.17, 15) is 40.6 Å². The number of hydrogen-bond acceptors (Lipinski definition) is 5. The molecule has 1 aliphatic carbocycles. The minimum Gasteiger partial charge on any atom is -0.393 e. The summed E-state index contributed by atoms with van der Waals surface area (Å²) in [6.45, 7) is 0.486. The number of fused-ring (bicyclic) bond motifs is 1. The van der Waals surface area contributed by atoms with Crippen molar-refractivity contribution < 1.29 is 40.6 Å². The predicted octanol–water partition coefficient (Wildman–Crippen LogP) is 4.97. The smallest absolute Gasteiger partial charge is 0.393 e. The van der Waals surface area contributed by atoms with Gasteiger partial charge in [0.05, 0.1) is 6.10 Å². The van der Waals surface area contributed by atoms with Gasteiger partial charge in [0.25, 0.3) is 0 Å². The van der Waals surface area contributed by atoms with Crippen LogP contribution in [0.1, 0.15) is 49.1 Å². The van der Waals surface area contributed by atoms with Crippen molar-refractivity contribution in [2.24, 2.45) is 0 Å². The average Bonchev–Trinajstić information content (AvgIpc) is 3.53. The van der Waals surface area contributed by atoms with Gasteiger partial charge in [-0.25, -0.2) is 14.2 Å². The summed E-state index contributed by atoms with van der Waals surface area (Å²) >= 11 is 0. The Hall–Kier alpha value is -3.62. The van der Waals surface area contributed by atoms with Crippen molar-refractivity contribution in [2.45, 2.75) is 62.0 Å². The summed E-state index contributed by atoms with van der Waals surface area (Å²) in [4.78, 5) is 17.8. The highest BCUT2D eigenvalue weighted by atomic mass is 19.4. The Labute approximate surface area is 229 Å². The molecule has 2 aromatic heterocycles. The van der Waals surface area contributed by atoms with Crippen molar-refractivity contribution >= 4 is 17.5 Å². The molecule has 3 N–H and O–H groups in total. The third-order valence-corrected chi connectivity index (χ3v) is 7.81. The fourth-order valence-corrected chi connectivity index (χ4v) is 5.51. The molecule has 0 unspecified atom stereocenters. The third kappa shape index (κ3) is 6.19. The molecule has 0 bridgehead atoms. The van der Waals surface area contributed by atoms with E-state index in [1.807, 2.05) is 0 Å². The van der Waals surface area contributed by atoms with Crippen LogP contribution in [0.3, 0.4) is 0 Å². The topological polar surface area (TPSA) is 94.8 Å². The number of anilines is 1. The van der Waals surface area contributed by atoms with Gasteiger partial charge in [-0.15, -0.1) is 0 Å². The van der Waals surface area contributed by atoms with Gasteiger partial charge in [0.15, 0.2) is 17.0 Å². The van der Waals surface area contributed by atoms with Crippen LogP contribution in [0.2, 0.25) is 0 Å². The number of carbonyl (C=O) groups excluding carboxylic acids is 1. The lowest BCUT2D eigenvalue weighted by Gasteiger charge is -2.42. The number of hydrogen-bond donors (Lipinski definition) is 3. The van der Waals surface area contributed by atoms with Gasteiger partial charge < -0.3 is 20.6 Å². The van der Waals surface area contributed by atoms with Crippen molar-refractivity contribution in [1.29, 1.82) is 0 Å². The molecule has 8 nitrogen and oxygen atoms in total. The van der Waals surface area contributed by atoms with E-state index in [1.165, 1.54) is 12.1 Å². The molecular formula is C26H27F7N6O2. The summed E-state index contributed by atoms with van der Waals surface area (Å²) in [7, 11) is 0. The molecule has 0 radical (unpaired) electrons. The highest BCUT2D eigenvalue weighted by Gasteiger charge is 2.40. The maximum atomic E-state index is 13.7. The normalized spacial score (nSPS) is 21.3. The lowest BCUT2D eigenvalue weighted by atomic mass is 9.72. The van der Waals surface area contributed by atoms with E-state index in [-0.39, 0.29) is 37.5 Å². The Morgan fingerprint density at radius 3 is 2.24 bits per heavy atom. The second-order valence-corrected chi connectivity index (χ2v) is 10.6. The molecule has 1 saturated carbocycles. The fraction of sp³-hybridized carbons (Fsp3) is 0.500. The maximum Gasteiger partial charge on any atom is 0.435 e. The summed E-state index contributed by atoms with van der Waals surface area (Å²) in [5, 5.41) is 18.9. The number of piperidine rings is 1. The van der Waals surface area contributed by atoms with Crippen LogP contribution in [0.15, 0.2) is 36.4 Å². The van der Waals surface area contributed by atoms with Crippen molar-refractivity contribution in [3.63, 3.8) is 0 Å². The molecule has 2 fully saturated rings. The van der Waals surface area contributed by atoms with E-state index < -0.39 is 46.7 Å². The van der Waals surface area contributed by atoms with Crippen LogP contribution in [0.5, 0.6) is 0 Å². The van der Waals surface area contributed by atoms with Gasteiger partial charge in [-0.05, 0) is 49.8 Å². The second-order valence-electron chi connectivity index (χ2n) is 10.6. The van der Waals surface area contributed by atoms with Gasteiger partial charge in [-0.1, -0.05) is 12.1 Å². The van der Waals surface area contributed by atoms with E-state index in [4.69, 9.17) is 0 Å². The molecule has 0 spiro atoms. The molecule has 2 atom stereocenters. The number of aromatic nitrogens is 3. The van der Waals surface area contributed by atoms with Gasteiger partial charge in [0, 0.05) is 43.2 Å².